The van der Waals surface area contributed by atoms with Gasteiger partial charge in [0, 0.05) is 13.2 Å². The van der Waals surface area contributed by atoms with Crippen molar-refractivity contribution in [3.05, 3.63) is 12.2 Å². The van der Waals surface area contributed by atoms with Gasteiger partial charge in [0.05, 0.1) is 6.10 Å². The molecule has 2 nitrogen and oxygen atoms in total. The molecule has 2 heteroatoms. The van der Waals surface area contributed by atoms with Gasteiger partial charge in [0.2, 0.25) is 0 Å². The quantitative estimate of drug-likeness (QED) is 0.612. The summed E-state index contributed by atoms with van der Waals surface area (Å²) in [6.45, 7) is 7.96. The van der Waals surface area contributed by atoms with Crippen molar-refractivity contribution in [2.24, 2.45) is 0 Å². The van der Waals surface area contributed by atoms with Gasteiger partial charge in [-0.15, -0.1) is 6.58 Å². The van der Waals surface area contributed by atoms with E-state index in [0.29, 0.717) is 6.04 Å². The molecule has 66 valence electrons. The first-order valence-electron chi connectivity index (χ1n) is 3.96. The molecule has 0 rings (SSSR count). The van der Waals surface area contributed by atoms with Crippen molar-refractivity contribution in [3.63, 3.8) is 0 Å². The predicted molar refractivity (Wildman–Crippen MR) is 48.7 cm³/mol. The van der Waals surface area contributed by atoms with Crippen LogP contribution >= 0.6 is 0 Å². The summed E-state index contributed by atoms with van der Waals surface area (Å²) >= 11 is 0. The molecule has 0 aliphatic carbocycles. The van der Waals surface area contributed by atoms with Crippen LogP contribution in [0.15, 0.2) is 12.2 Å². The Balaban J connectivity index is 3.84. The summed E-state index contributed by atoms with van der Waals surface area (Å²) < 4.78 is 5.20. The molecule has 0 radical (unpaired) electrons. The van der Waals surface area contributed by atoms with Crippen molar-refractivity contribution in [2.45, 2.75) is 32.4 Å². The van der Waals surface area contributed by atoms with Crippen molar-refractivity contribution in [2.75, 3.05) is 14.2 Å². The minimum absolute atomic E-state index is 0.247. The lowest BCUT2D eigenvalue weighted by molar-refractivity contribution is 0.0857. The zero-order valence-electron chi connectivity index (χ0n) is 7.98. The van der Waals surface area contributed by atoms with Crippen LogP contribution in [0, 0.1) is 0 Å². The minimum Gasteiger partial charge on any atom is -0.380 e. The number of rotatable bonds is 5. The third-order valence-corrected chi connectivity index (χ3v) is 1.88. The number of likely N-dealkylation sites (N-methyl/N-ethyl adjacent to an activating group) is 1. The Kier molecular flexibility index (Phi) is 5.16. The molecule has 11 heavy (non-hydrogen) atoms. The fraction of sp³-hybridized carbons (Fsp3) is 0.778. The number of nitrogens with one attached hydrogen (secondary N) is 1. The van der Waals surface area contributed by atoms with E-state index in [1.54, 1.807) is 7.11 Å². The fourth-order valence-corrected chi connectivity index (χ4v) is 1.04. The molecule has 0 aromatic heterocycles. The predicted octanol–water partition coefficient (Wildman–Crippen LogP) is 1.58. The third-order valence-electron chi connectivity index (χ3n) is 1.88. The molecule has 0 aromatic rings. The first kappa shape index (κ1) is 10.7. The zero-order valence-corrected chi connectivity index (χ0v) is 7.98. The summed E-state index contributed by atoms with van der Waals surface area (Å²) in [6.07, 6.45) is 1.22. The Morgan fingerprint density at radius 2 is 2.18 bits per heavy atom. The van der Waals surface area contributed by atoms with Crippen molar-refractivity contribution in [1.29, 1.82) is 0 Å². The van der Waals surface area contributed by atoms with Crippen LogP contribution in [0.2, 0.25) is 0 Å². The molecule has 1 N–H and O–H groups in total. The van der Waals surface area contributed by atoms with E-state index in [-0.39, 0.29) is 6.10 Å². The van der Waals surface area contributed by atoms with Gasteiger partial charge in [-0.2, -0.15) is 0 Å². The summed E-state index contributed by atoms with van der Waals surface area (Å²) in [5.74, 6) is 0. The summed E-state index contributed by atoms with van der Waals surface area (Å²) in [7, 11) is 3.68. The number of hydrogen-bond acceptors (Lipinski definition) is 2. The average Bonchev–Trinajstić information content (AvgIpc) is 1.98. The van der Waals surface area contributed by atoms with Crippen LogP contribution in [0.1, 0.15) is 20.3 Å². The highest BCUT2D eigenvalue weighted by atomic mass is 16.5. The van der Waals surface area contributed by atoms with Crippen LogP contribution < -0.4 is 5.32 Å². The van der Waals surface area contributed by atoms with Gasteiger partial charge < -0.3 is 10.1 Å². The lowest BCUT2D eigenvalue weighted by atomic mass is 10.0. The molecule has 0 heterocycles. The molecule has 0 aromatic carbocycles. The van der Waals surface area contributed by atoms with Gasteiger partial charge >= 0.3 is 0 Å². The Labute approximate surface area is 69.6 Å². The van der Waals surface area contributed by atoms with E-state index in [2.05, 4.69) is 18.8 Å². The normalized spacial score (nSPS) is 16.0. The molecule has 0 saturated heterocycles. The highest BCUT2D eigenvalue weighted by Crippen LogP contribution is 2.07. The van der Waals surface area contributed by atoms with Crippen LogP contribution in [-0.4, -0.2) is 26.3 Å². The Morgan fingerprint density at radius 3 is 2.45 bits per heavy atom. The van der Waals surface area contributed by atoms with Crippen molar-refractivity contribution in [1.82, 2.24) is 5.32 Å². The molecule has 0 amide bonds. The SMILES string of the molecule is C=C(C)CC(NC)C(C)OC. The Hall–Kier alpha value is -0.340. The Morgan fingerprint density at radius 1 is 1.64 bits per heavy atom. The molecule has 0 spiro atoms. The number of methoxy groups -OCH3 is 1. The summed E-state index contributed by atoms with van der Waals surface area (Å²) in [4.78, 5) is 0. The van der Waals surface area contributed by atoms with E-state index in [1.165, 1.54) is 5.57 Å². The first-order valence-corrected chi connectivity index (χ1v) is 3.96. The van der Waals surface area contributed by atoms with E-state index in [1.807, 2.05) is 14.0 Å². The Bertz CT molecular complexity index is 123. The van der Waals surface area contributed by atoms with Gasteiger partial charge in [0.15, 0.2) is 0 Å². The average molecular weight is 157 g/mol. The topological polar surface area (TPSA) is 21.3 Å². The molecule has 2 unspecified atom stereocenters. The van der Waals surface area contributed by atoms with Crippen LogP contribution in [0.3, 0.4) is 0 Å². The van der Waals surface area contributed by atoms with Gasteiger partial charge in [-0.25, -0.2) is 0 Å². The van der Waals surface area contributed by atoms with E-state index in [9.17, 15) is 0 Å². The number of ether oxygens (including phenoxy) is 1. The van der Waals surface area contributed by atoms with Crippen molar-refractivity contribution in [3.8, 4) is 0 Å². The second-order valence-electron chi connectivity index (χ2n) is 3.00. The van der Waals surface area contributed by atoms with E-state index in [4.69, 9.17) is 4.74 Å². The maximum Gasteiger partial charge on any atom is 0.0699 e. The van der Waals surface area contributed by atoms with Crippen molar-refractivity contribution >= 4 is 0 Å². The third kappa shape index (κ3) is 4.17. The van der Waals surface area contributed by atoms with Gasteiger partial charge in [-0.3, -0.25) is 0 Å². The minimum atomic E-state index is 0.247. The molecule has 2 atom stereocenters. The lowest BCUT2D eigenvalue weighted by Gasteiger charge is -2.22. The van der Waals surface area contributed by atoms with E-state index in [0.717, 1.165) is 6.42 Å². The fourth-order valence-electron chi connectivity index (χ4n) is 1.04. The maximum absolute atomic E-state index is 5.20. The second-order valence-corrected chi connectivity index (χ2v) is 3.00. The largest absolute Gasteiger partial charge is 0.380 e. The first-order chi connectivity index (χ1) is 5.11. The van der Waals surface area contributed by atoms with Gasteiger partial charge in [0.25, 0.3) is 0 Å². The van der Waals surface area contributed by atoms with Gasteiger partial charge in [-0.1, -0.05) is 5.57 Å². The zero-order chi connectivity index (χ0) is 8.85. The highest BCUT2D eigenvalue weighted by Gasteiger charge is 2.13. The van der Waals surface area contributed by atoms with Crippen LogP contribution in [0.4, 0.5) is 0 Å². The summed E-state index contributed by atoms with van der Waals surface area (Å²) in [5, 5.41) is 3.20. The molecule has 0 bridgehead atoms. The lowest BCUT2D eigenvalue weighted by Crippen LogP contribution is -2.36. The maximum atomic E-state index is 5.20. The highest BCUT2D eigenvalue weighted by molar-refractivity contribution is 4.94. The molecule has 0 saturated carbocycles. The van der Waals surface area contributed by atoms with Gasteiger partial charge in [0.1, 0.15) is 0 Å². The molecular weight excluding hydrogens is 138 g/mol. The standard InChI is InChI=1S/C9H19NO/c1-7(2)6-9(10-4)8(3)11-5/h8-10H,1,6H2,2-5H3. The number of hydrogen-bond donors (Lipinski definition) is 1. The van der Waals surface area contributed by atoms with Crippen LogP contribution in [0.5, 0.6) is 0 Å². The van der Waals surface area contributed by atoms with Crippen LogP contribution in [0.25, 0.3) is 0 Å². The second kappa shape index (κ2) is 5.33. The summed E-state index contributed by atoms with van der Waals surface area (Å²) in [5.41, 5.74) is 1.19. The van der Waals surface area contributed by atoms with E-state index >= 15 is 0 Å². The molecular formula is C9H19NO. The van der Waals surface area contributed by atoms with Crippen LogP contribution in [-0.2, 0) is 4.74 Å². The molecule has 0 aliphatic rings. The smallest absolute Gasteiger partial charge is 0.0699 e. The monoisotopic (exact) mass is 157 g/mol. The molecule has 0 aliphatic heterocycles. The summed E-state index contributed by atoms with van der Waals surface area (Å²) in [6, 6.07) is 0.387. The van der Waals surface area contributed by atoms with Crippen molar-refractivity contribution < 1.29 is 4.74 Å². The van der Waals surface area contributed by atoms with Gasteiger partial charge in [-0.05, 0) is 27.3 Å². The van der Waals surface area contributed by atoms with E-state index < -0.39 is 0 Å². The molecule has 0 fully saturated rings.